The zero-order valence-electron chi connectivity index (χ0n) is 22.0. The van der Waals surface area contributed by atoms with Crippen LogP contribution in [0.2, 0.25) is 0 Å². The third-order valence-corrected chi connectivity index (χ3v) is 6.87. The van der Waals surface area contributed by atoms with Crippen LogP contribution in [0.3, 0.4) is 0 Å². The first-order chi connectivity index (χ1) is 17.6. The van der Waals surface area contributed by atoms with Gasteiger partial charge in [-0.2, -0.15) is 0 Å². The lowest BCUT2D eigenvalue weighted by molar-refractivity contribution is -0.114. The lowest BCUT2D eigenvalue weighted by atomic mass is 9.93. The molecule has 11 nitrogen and oxygen atoms in total. The van der Waals surface area contributed by atoms with Gasteiger partial charge in [0.1, 0.15) is 11.5 Å². The fraction of sp³-hybridized carbons (Fsp3) is 0.423. The van der Waals surface area contributed by atoms with Gasteiger partial charge in [0.2, 0.25) is 5.91 Å². The van der Waals surface area contributed by atoms with Crippen molar-refractivity contribution in [3.63, 3.8) is 0 Å². The number of piperazine rings is 1. The summed E-state index contributed by atoms with van der Waals surface area (Å²) in [6.07, 6.45) is 7.27. The van der Waals surface area contributed by atoms with Gasteiger partial charge in [-0.25, -0.2) is 4.68 Å². The topological polar surface area (TPSA) is 122 Å². The highest BCUT2D eigenvalue weighted by Gasteiger charge is 2.28. The monoisotopic (exact) mass is 503 g/mol. The van der Waals surface area contributed by atoms with Crippen LogP contribution in [0.15, 0.2) is 52.6 Å². The molecule has 3 aromatic heterocycles. The quantitative estimate of drug-likeness (QED) is 0.559. The maximum atomic E-state index is 12.2. The first-order valence-electron chi connectivity index (χ1n) is 12.4. The van der Waals surface area contributed by atoms with Crippen LogP contribution in [0.25, 0.3) is 17.0 Å². The second-order valence-electron chi connectivity index (χ2n) is 10.7. The standard InChI is InChI=1S/C26H33N9O2/c1-17-22(11-19(25(27)36)15-34(17)24-12-23(37-30-24)26(2,3)4)35-16-21(29-31-35)18-10-20(14-28-13-18)33-8-6-32(5)7-9-33/h10-14,16H,6-9,15H2,1-5H3,(H2,27,36). The Hall–Kier alpha value is -3.99. The Morgan fingerprint density at radius 2 is 1.86 bits per heavy atom. The van der Waals surface area contributed by atoms with E-state index in [0.717, 1.165) is 48.9 Å². The molecule has 0 atom stereocenters. The Morgan fingerprint density at radius 3 is 2.54 bits per heavy atom. The predicted molar refractivity (Wildman–Crippen MR) is 142 cm³/mol. The fourth-order valence-electron chi connectivity index (χ4n) is 4.44. The lowest BCUT2D eigenvalue weighted by Crippen LogP contribution is -2.44. The second kappa shape index (κ2) is 9.47. The summed E-state index contributed by atoms with van der Waals surface area (Å²) in [6, 6.07) is 3.99. The lowest BCUT2D eigenvalue weighted by Gasteiger charge is -2.33. The highest BCUT2D eigenvalue weighted by Crippen LogP contribution is 2.32. The molecule has 194 valence electrons. The molecule has 2 N–H and O–H groups in total. The molecule has 0 saturated carbocycles. The Balaban J connectivity index is 1.47. The average molecular weight is 504 g/mol. The number of nitrogens with zero attached hydrogens (tertiary/aromatic N) is 8. The van der Waals surface area contributed by atoms with E-state index in [0.29, 0.717) is 29.3 Å². The number of carbonyl (C=O) groups excluding carboxylic acids is 1. The van der Waals surface area contributed by atoms with E-state index in [2.05, 4.69) is 64.1 Å². The SMILES string of the molecule is CC1=C(n2cc(-c3cncc(N4CCN(C)CC4)c3)nn2)C=C(C(N)=O)CN1c1cc(C(C)(C)C)on1. The Morgan fingerprint density at radius 1 is 1.11 bits per heavy atom. The summed E-state index contributed by atoms with van der Waals surface area (Å²) in [6.45, 7) is 12.4. The molecule has 1 saturated heterocycles. The van der Waals surface area contributed by atoms with E-state index >= 15 is 0 Å². The van der Waals surface area contributed by atoms with E-state index in [4.69, 9.17) is 10.3 Å². The number of pyridine rings is 1. The van der Waals surface area contributed by atoms with Gasteiger partial charge in [-0.1, -0.05) is 31.1 Å². The molecule has 0 aliphatic carbocycles. The van der Waals surface area contributed by atoms with Crippen LogP contribution in [0.1, 0.15) is 33.5 Å². The minimum absolute atomic E-state index is 0.197. The van der Waals surface area contributed by atoms with E-state index in [9.17, 15) is 4.79 Å². The van der Waals surface area contributed by atoms with E-state index in [1.807, 2.05) is 30.3 Å². The van der Waals surface area contributed by atoms with Crippen LogP contribution >= 0.6 is 0 Å². The summed E-state index contributed by atoms with van der Waals surface area (Å²) in [5.41, 5.74) is 10.1. The molecule has 0 radical (unpaired) electrons. The second-order valence-corrected chi connectivity index (χ2v) is 10.7. The molecule has 1 fully saturated rings. The van der Waals surface area contributed by atoms with Gasteiger partial charge in [0, 0.05) is 60.7 Å². The molecule has 5 heterocycles. The molecule has 0 unspecified atom stereocenters. The minimum Gasteiger partial charge on any atom is -0.368 e. The number of anilines is 2. The maximum absolute atomic E-state index is 12.2. The first-order valence-corrected chi connectivity index (χ1v) is 12.4. The summed E-state index contributed by atoms with van der Waals surface area (Å²) >= 11 is 0. The van der Waals surface area contributed by atoms with Crippen molar-refractivity contribution in [1.29, 1.82) is 0 Å². The normalized spacial score (nSPS) is 17.4. The molecular weight excluding hydrogens is 470 g/mol. The number of likely N-dealkylation sites (N-methyl/N-ethyl adjacent to an activating group) is 1. The molecule has 11 heteroatoms. The van der Waals surface area contributed by atoms with Gasteiger partial charge < -0.3 is 25.0 Å². The number of aromatic nitrogens is 5. The molecule has 3 aromatic rings. The number of rotatable bonds is 5. The number of hydrogen-bond acceptors (Lipinski definition) is 9. The summed E-state index contributed by atoms with van der Waals surface area (Å²) in [5.74, 6) is 0.859. The van der Waals surface area contributed by atoms with Crippen molar-refractivity contribution in [3.8, 4) is 11.3 Å². The van der Waals surface area contributed by atoms with Gasteiger partial charge in [0.25, 0.3) is 0 Å². The van der Waals surface area contributed by atoms with E-state index in [-0.39, 0.29) is 5.41 Å². The summed E-state index contributed by atoms with van der Waals surface area (Å²) in [5, 5.41) is 13.1. The number of allylic oxidation sites excluding steroid dienone is 3. The van der Waals surface area contributed by atoms with Gasteiger partial charge in [0.05, 0.1) is 30.3 Å². The van der Waals surface area contributed by atoms with Crippen LogP contribution in [0, 0.1) is 0 Å². The van der Waals surface area contributed by atoms with Crippen molar-refractivity contribution >= 4 is 23.1 Å². The molecule has 2 aliphatic heterocycles. The van der Waals surface area contributed by atoms with Gasteiger partial charge in [-0.15, -0.1) is 5.10 Å². The van der Waals surface area contributed by atoms with Crippen molar-refractivity contribution in [2.24, 2.45) is 5.73 Å². The Labute approximate surface area is 216 Å². The van der Waals surface area contributed by atoms with E-state index < -0.39 is 5.91 Å². The molecule has 1 amide bonds. The van der Waals surface area contributed by atoms with Crippen molar-refractivity contribution in [2.75, 3.05) is 49.6 Å². The van der Waals surface area contributed by atoms with Gasteiger partial charge in [-0.05, 0) is 26.1 Å². The fourth-order valence-corrected chi connectivity index (χ4v) is 4.44. The highest BCUT2D eigenvalue weighted by atomic mass is 16.5. The van der Waals surface area contributed by atoms with Crippen LogP contribution < -0.4 is 15.5 Å². The molecule has 0 spiro atoms. The highest BCUT2D eigenvalue weighted by molar-refractivity contribution is 5.96. The van der Waals surface area contributed by atoms with Crippen LogP contribution in [-0.4, -0.2) is 75.7 Å². The van der Waals surface area contributed by atoms with E-state index in [1.54, 1.807) is 17.0 Å². The largest absolute Gasteiger partial charge is 0.368 e. The molecular formula is C26H33N9O2. The third kappa shape index (κ3) is 4.99. The molecule has 2 aliphatic rings. The van der Waals surface area contributed by atoms with Crippen LogP contribution in [-0.2, 0) is 10.2 Å². The van der Waals surface area contributed by atoms with Crippen molar-refractivity contribution < 1.29 is 9.32 Å². The van der Waals surface area contributed by atoms with Crippen LogP contribution in [0.4, 0.5) is 11.5 Å². The average Bonchev–Trinajstić information content (AvgIpc) is 3.55. The van der Waals surface area contributed by atoms with Gasteiger partial charge >= 0.3 is 0 Å². The predicted octanol–water partition coefficient (Wildman–Crippen LogP) is 2.50. The minimum atomic E-state index is -0.501. The van der Waals surface area contributed by atoms with Gasteiger partial charge in [-0.3, -0.25) is 9.78 Å². The molecule has 0 bridgehead atoms. The van der Waals surface area contributed by atoms with Crippen LogP contribution in [0.5, 0.6) is 0 Å². The van der Waals surface area contributed by atoms with Crippen molar-refractivity contribution in [3.05, 3.63) is 53.8 Å². The van der Waals surface area contributed by atoms with Gasteiger partial charge in [0.15, 0.2) is 5.82 Å². The van der Waals surface area contributed by atoms with E-state index in [1.165, 1.54) is 0 Å². The first kappa shape index (κ1) is 24.7. The van der Waals surface area contributed by atoms with Crippen molar-refractivity contribution in [2.45, 2.75) is 33.1 Å². The Bertz CT molecular complexity index is 1370. The zero-order chi connectivity index (χ0) is 26.3. The summed E-state index contributed by atoms with van der Waals surface area (Å²) in [7, 11) is 2.14. The maximum Gasteiger partial charge on any atom is 0.246 e. The third-order valence-electron chi connectivity index (χ3n) is 6.87. The molecule has 5 rings (SSSR count). The smallest absolute Gasteiger partial charge is 0.246 e. The number of carbonyl (C=O) groups is 1. The summed E-state index contributed by atoms with van der Waals surface area (Å²) < 4.78 is 7.26. The number of amides is 1. The number of nitrogens with two attached hydrogens (primary N) is 1. The summed E-state index contributed by atoms with van der Waals surface area (Å²) in [4.78, 5) is 23.2. The molecule has 0 aromatic carbocycles. The molecule has 37 heavy (non-hydrogen) atoms. The zero-order valence-corrected chi connectivity index (χ0v) is 22.0. The Kier molecular flexibility index (Phi) is 6.32. The van der Waals surface area contributed by atoms with Crippen molar-refractivity contribution in [1.82, 2.24) is 30.0 Å². The number of hydrogen-bond donors (Lipinski definition) is 1. The number of primary amides is 1.